The van der Waals surface area contributed by atoms with Gasteiger partial charge in [0.25, 0.3) is 0 Å². The lowest BCUT2D eigenvalue weighted by molar-refractivity contribution is 0.103. The molecule has 2 heteroatoms. The van der Waals surface area contributed by atoms with Crippen molar-refractivity contribution in [3.8, 4) is 0 Å². The van der Waals surface area contributed by atoms with Gasteiger partial charge in [-0.05, 0) is 36.6 Å². The summed E-state index contributed by atoms with van der Waals surface area (Å²) in [5.74, 6) is 0.0337. The molecule has 0 atom stereocenters. The van der Waals surface area contributed by atoms with Crippen LogP contribution in [0.15, 0.2) is 78.8 Å². The average Bonchev–Trinajstić information content (AvgIpc) is 2.94. The van der Waals surface area contributed by atoms with Crippen LogP contribution in [-0.2, 0) is 5.41 Å². The molecule has 0 fully saturated rings. The molecule has 3 rings (SSSR count). The molecule has 0 unspecified atom stereocenters. The van der Waals surface area contributed by atoms with Crippen LogP contribution in [0.25, 0.3) is 0 Å². The van der Waals surface area contributed by atoms with Crippen LogP contribution in [0, 0.1) is 0 Å². The molecule has 0 amide bonds. The Morgan fingerprint density at radius 1 is 1.00 bits per heavy atom. The highest BCUT2D eigenvalue weighted by molar-refractivity contribution is 6.09. The zero-order valence-electron chi connectivity index (χ0n) is 13.0. The summed E-state index contributed by atoms with van der Waals surface area (Å²) in [6, 6.07) is 15.1. The number of hydrogen-bond donors (Lipinski definition) is 0. The van der Waals surface area contributed by atoms with E-state index in [2.05, 4.69) is 18.2 Å². The van der Waals surface area contributed by atoms with Gasteiger partial charge in [-0.3, -0.25) is 9.79 Å². The first kappa shape index (κ1) is 15.2. The minimum Gasteiger partial charge on any atom is -0.289 e. The number of rotatable bonds is 6. The number of fused-ring (bicyclic) bond motifs is 1. The van der Waals surface area contributed by atoms with Crippen molar-refractivity contribution in [3.05, 3.63) is 90.5 Å². The van der Waals surface area contributed by atoms with E-state index < -0.39 is 0 Å². The molecule has 2 aromatic rings. The standard InChI is InChI=1S/C21H19NO/c1-3-12-21(13-4-2)15-22-19-11-10-17(14-18(19)21)20(23)16-8-6-5-7-9-16/h3-11,14-15H,1-2,12-13H2. The number of ketones is 1. The number of hydrogen-bond acceptors (Lipinski definition) is 2. The molecule has 1 aliphatic heterocycles. The van der Waals surface area contributed by atoms with Crippen molar-refractivity contribution in [2.45, 2.75) is 18.3 Å². The number of aliphatic imine (C=N–C) groups is 1. The number of carbonyl (C=O) groups is 1. The van der Waals surface area contributed by atoms with E-state index in [1.165, 1.54) is 0 Å². The summed E-state index contributed by atoms with van der Waals surface area (Å²) in [6.07, 6.45) is 7.32. The molecule has 0 radical (unpaired) electrons. The Bertz CT molecular complexity index is 777. The lowest BCUT2D eigenvalue weighted by atomic mass is 9.76. The van der Waals surface area contributed by atoms with E-state index in [4.69, 9.17) is 0 Å². The molecule has 2 nitrogen and oxygen atoms in total. The second kappa shape index (κ2) is 6.17. The maximum atomic E-state index is 12.7. The van der Waals surface area contributed by atoms with Crippen LogP contribution in [0.3, 0.4) is 0 Å². The second-order valence-corrected chi connectivity index (χ2v) is 5.83. The summed E-state index contributed by atoms with van der Waals surface area (Å²) in [6.45, 7) is 7.73. The molecule has 1 heterocycles. The molecule has 23 heavy (non-hydrogen) atoms. The number of nitrogens with zero attached hydrogens (tertiary/aromatic N) is 1. The first-order chi connectivity index (χ1) is 11.2. The van der Waals surface area contributed by atoms with Gasteiger partial charge in [-0.2, -0.15) is 0 Å². The van der Waals surface area contributed by atoms with Gasteiger partial charge in [0, 0.05) is 22.8 Å². The Morgan fingerprint density at radius 3 is 2.35 bits per heavy atom. The SMILES string of the molecule is C=CCC1(CC=C)C=Nc2ccc(C(=O)c3ccccc3)cc21. The third-order valence-corrected chi connectivity index (χ3v) is 4.30. The molecule has 0 saturated heterocycles. The van der Waals surface area contributed by atoms with Crippen molar-refractivity contribution in [3.63, 3.8) is 0 Å². The summed E-state index contributed by atoms with van der Waals surface area (Å²) in [5.41, 5.74) is 3.17. The van der Waals surface area contributed by atoms with Crippen LogP contribution >= 0.6 is 0 Å². The topological polar surface area (TPSA) is 29.4 Å². The fourth-order valence-electron chi connectivity index (χ4n) is 3.13. The molecule has 0 bridgehead atoms. The average molecular weight is 301 g/mol. The van der Waals surface area contributed by atoms with Crippen molar-refractivity contribution in [1.29, 1.82) is 0 Å². The van der Waals surface area contributed by atoms with Gasteiger partial charge in [0.15, 0.2) is 5.78 Å². The van der Waals surface area contributed by atoms with E-state index in [-0.39, 0.29) is 11.2 Å². The minimum atomic E-state index is -0.230. The van der Waals surface area contributed by atoms with Gasteiger partial charge in [-0.15, -0.1) is 13.2 Å². The van der Waals surface area contributed by atoms with Crippen LogP contribution in [0.2, 0.25) is 0 Å². The van der Waals surface area contributed by atoms with E-state index in [0.717, 1.165) is 24.1 Å². The third kappa shape index (κ3) is 2.68. The monoisotopic (exact) mass is 301 g/mol. The number of benzene rings is 2. The lowest BCUT2D eigenvalue weighted by Gasteiger charge is -2.25. The summed E-state index contributed by atoms with van der Waals surface area (Å²) in [5, 5.41) is 0. The Kier molecular flexibility index (Phi) is 4.07. The van der Waals surface area contributed by atoms with E-state index in [1.807, 2.05) is 66.9 Å². The fraction of sp³-hybridized carbons (Fsp3) is 0.143. The highest BCUT2D eigenvalue weighted by Gasteiger charge is 2.34. The van der Waals surface area contributed by atoms with Crippen molar-refractivity contribution >= 4 is 17.7 Å². The molecule has 1 aliphatic rings. The van der Waals surface area contributed by atoms with Crippen molar-refractivity contribution < 1.29 is 4.79 Å². The van der Waals surface area contributed by atoms with Gasteiger partial charge in [0.2, 0.25) is 0 Å². The lowest BCUT2D eigenvalue weighted by Crippen LogP contribution is -2.24. The van der Waals surface area contributed by atoms with Crippen LogP contribution < -0.4 is 0 Å². The van der Waals surface area contributed by atoms with Crippen LogP contribution in [0.1, 0.15) is 34.3 Å². The normalized spacial score (nSPS) is 14.3. The largest absolute Gasteiger partial charge is 0.289 e. The molecular weight excluding hydrogens is 282 g/mol. The molecule has 0 aromatic heterocycles. The van der Waals surface area contributed by atoms with Crippen molar-refractivity contribution in [2.24, 2.45) is 4.99 Å². The van der Waals surface area contributed by atoms with E-state index in [1.54, 1.807) is 0 Å². The number of allylic oxidation sites excluding steroid dienone is 2. The highest BCUT2D eigenvalue weighted by atomic mass is 16.1. The zero-order valence-corrected chi connectivity index (χ0v) is 13.0. The van der Waals surface area contributed by atoms with Crippen LogP contribution in [-0.4, -0.2) is 12.0 Å². The molecule has 2 aromatic carbocycles. The Balaban J connectivity index is 2.04. The highest BCUT2D eigenvalue weighted by Crippen LogP contribution is 2.42. The van der Waals surface area contributed by atoms with Crippen molar-refractivity contribution in [1.82, 2.24) is 0 Å². The van der Waals surface area contributed by atoms with Gasteiger partial charge in [-0.1, -0.05) is 42.5 Å². The maximum Gasteiger partial charge on any atom is 0.193 e. The summed E-state index contributed by atoms with van der Waals surface area (Å²) < 4.78 is 0. The van der Waals surface area contributed by atoms with Gasteiger partial charge < -0.3 is 0 Å². The van der Waals surface area contributed by atoms with Gasteiger partial charge in [0.05, 0.1) is 5.69 Å². The summed E-state index contributed by atoms with van der Waals surface area (Å²) >= 11 is 0. The summed E-state index contributed by atoms with van der Waals surface area (Å²) in [7, 11) is 0. The first-order valence-corrected chi connectivity index (χ1v) is 7.71. The van der Waals surface area contributed by atoms with E-state index in [0.29, 0.717) is 11.1 Å². The second-order valence-electron chi connectivity index (χ2n) is 5.83. The summed E-state index contributed by atoms with van der Waals surface area (Å²) in [4.78, 5) is 17.2. The predicted octanol–water partition coefficient (Wildman–Crippen LogP) is 5.02. The Morgan fingerprint density at radius 2 is 1.70 bits per heavy atom. The molecule has 0 spiro atoms. The molecular formula is C21H19NO. The maximum absolute atomic E-state index is 12.7. The fourth-order valence-corrected chi connectivity index (χ4v) is 3.13. The minimum absolute atomic E-state index is 0.0337. The predicted molar refractivity (Wildman–Crippen MR) is 95.8 cm³/mol. The molecule has 0 N–H and O–H groups in total. The smallest absolute Gasteiger partial charge is 0.193 e. The van der Waals surface area contributed by atoms with E-state index >= 15 is 0 Å². The molecule has 0 saturated carbocycles. The molecule has 114 valence electrons. The Labute approximate surface area is 136 Å². The van der Waals surface area contributed by atoms with Gasteiger partial charge in [-0.25, -0.2) is 0 Å². The first-order valence-electron chi connectivity index (χ1n) is 7.71. The third-order valence-electron chi connectivity index (χ3n) is 4.30. The quantitative estimate of drug-likeness (QED) is 0.544. The van der Waals surface area contributed by atoms with Crippen molar-refractivity contribution in [2.75, 3.05) is 0 Å². The molecule has 0 aliphatic carbocycles. The van der Waals surface area contributed by atoms with Gasteiger partial charge >= 0.3 is 0 Å². The van der Waals surface area contributed by atoms with Crippen LogP contribution in [0.5, 0.6) is 0 Å². The van der Waals surface area contributed by atoms with E-state index in [9.17, 15) is 4.79 Å². The zero-order chi connectivity index (χ0) is 16.3. The van der Waals surface area contributed by atoms with Gasteiger partial charge in [0.1, 0.15) is 0 Å². The number of carbonyl (C=O) groups excluding carboxylic acids is 1. The Hall–Kier alpha value is -2.74. The van der Waals surface area contributed by atoms with Crippen LogP contribution in [0.4, 0.5) is 5.69 Å².